The fourth-order valence-electron chi connectivity index (χ4n) is 4.21. The third-order valence-corrected chi connectivity index (χ3v) is 8.19. The number of benzene rings is 1. The predicted octanol–water partition coefficient (Wildman–Crippen LogP) is 5.29. The minimum absolute atomic E-state index is 0.111. The summed E-state index contributed by atoms with van der Waals surface area (Å²) >= 11 is 2.76. The number of amides is 1. The van der Waals surface area contributed by atoms with Gasteiger partial charge in [-0.25, -0.2) is 4.79 Å². The topological polar surface area (TPSA) is 105 Å². The van der Waals surface area contributed by atoms with Crippen LogP contribution in [0.4, 0.5) is 5.00 Å². The van der Waals surface area contributed by atoms with Crippen LogP contribution >= 0.6 is 23.1 Å². The summed E-state index contributed by atoms with van der Waals surface area (Å²) in [6.45, 7) is 6.58. The third-order valence-electron chi connectivity index (χ3n) is 6.02. The number of nitrogens with zero attached hydrogens (tertiary/aromatic N) is 3. The number of nitrogens with one attached hydrogen (secondary N) is 1. The highest BCUT2D eigenvalue weighted by Gasteiger charge is 2.27. The molecule has 0 spiro atoms. The molecule has 4 rings (SSSR count). The van der Waals surface area contributed by atoms with Gasteiger partial charge in [-0.1, -0.05) is 24.3 Å². The number of rotatable bonds is 12. The Morgan fingerprint density at radius 2 is 1.92 bits per heavy atom. The number of aryl methyl sites for hydroxylation is 1. The van der Waals surface area contributed by atoms with Crippen molar-refractivity contribution in [2.24, 2.45) is 0 Å². The second-order valence-electron chi connectivity index (χ2n) is 8.59. The van der Waals surface area contributed by atoms with Crippen molar-refractivity contribution in [1.82, 2.24) is 14.8 Å². The molecule has 11 heteroatoms. The van der Waals surface area contributed by atoms with Gasteiger partial charge < -0.3 is 19.5 Å². The lowest BCUT2D eigenvalue weighted by Crippen LogP contribution is -2.17. The van der Waals surface area contributed by atoms with Gasteiger partial charge in [-0.05, 0) is 62.4 Å². The van der Waals surface area contributed by atoms with E-state index in [1.54, 1.807) is 20.1 Å². The molecule has 3 aromatic rings. The van der Waals surface area contributed by atoms with E-state index in [2.05, 4.69) is 22.1 Å². The minimum atomic E-state index is -0.373. The SMILES string of the molecule is C=CCn1c(COc2ccc(OC)cc2)nnc1SCC(=O)Nc1sc2c(c1C(=O)OCC)CCCCC2. The quantitative estimate of drug-likeness (QED) is 0.139. The Morgan fingerprint density at radius 1 is 1.16 bits per heavy atom. The van der Waals surface area contributed by atoms with Crippen LogP contribution in [0.25, 0.3) is 0 Å². The Morgan fingerprint density at radius 3 is 2.66 bits per heavy atom. The van der Waals surface area contributed by atoms with Crippen LogP contribution in [-0.4, -0.2) is 46.1 Å². The molecule has 1 aromatic carbocycles. The molecule has 202 valence electrons. The van der Waals surface area contributed by atoms with Crippen molar-refractivity contribution in [3.8, 4) is 11.5 Å². The van der Waals surface area contributed by atoms with Gasteiger partial charge in [-0.15, -0.1) is 28.1 Å². The molecule has 0 unspecified atom stereocenters. The highest BCUT2D eigenvalue weighted by Crippen LogP contribution is 2.38. The number of thiophene rings is 1. The number of anilines is 1. The van der Waals surface area contributed by atoms with E-state index in [-0.39, 0.29) is 30.8 Å². The van der Waals surface area contributed by atoms with Crippen molar-refractivity contribution in [2.75, 3.05) is 24.8 Å². The number of carbonyl (C=O) groups is 2. The van der Waals surface area contributed by atoms with Gasteiger partial charge in [-0.3, -0.25) is 9.36 Å². The van der Waals surface area contributed by atoms with E-state index in [1.807, 2.05) is 28.8 Å². The number of carbonyl (C=O) groups excluding carboxylic acids is 2. The smallest absolute Gasteiger partial charge is 0.341 e. The van der Waals surface area contributed by atoms with Crippen molar-refractivity contribution in [1.29, 1.82) is 0 Å². The van der Waals surface area contributed by atoms with Crippen LogP contribution in [0.1, 0.15) is 52.8 Å². The number of hydrogen-bond donors (Lipinski definition) is 1. The molecule has 1 aliphatic rings. The third kappa shape index (κ3) is 6.76. The number of hydrogen-bond acceptors (Lipinski definition) is 9. The minimum Gasteiger partial charge on any atom is -0.497 e. The van der Waals surface area contributed by atoms with Gasteiger partial charge in [0, 0.05) is 11.4 Å². The van der Waals surface area contributed by atoms with Crippen LogP contribution in [0.2, 0.25) is 0 Å². The summed E-state index contributed by atoms with van der Waals surface area (Å²) in [5, 5.41) is 12.6. The average molecular weight is 557 g/mol. The summed E-state index contributed by atoms with van der Waals surface area (Å²) in [5.74, 6) is 1.56. The summed E-state index contributed by atoms with van der Waals surface area (Å²) in [6, 6.07) is 7.29. The summed E-state index contributed by atoms with van der Waals surface area (Å²) < 4.78 is 18.2. The number of aromatic nitrogens is 3. The highest BCUT2D eigenvalue weighted by molar-refractivity contribution is 7.99. The Labute approximate surface area is 230 Å². The second-order valence-corrected chi connectivity index (χ2v) is 10.6. The summed E-state index contributed by atoms with van der Waals surface area (Å²) in [5.41, 5.74) is 1.54. The van der Waals surface area contributed by atoms with Crippen LogP contribution in [0.3, 0.4) is 0 Å². The Bertz CT molecular complexity index is 1270. The average Bonchev–Trinajstić information content (AvgIpc) is 3.38. The molecule has 1 N–H and O–H groups in total. The maximum Gasteiger partial charge on any atom is 0.341 e. The molecule has 0 atom stereocenters. The molecular formula is C27H32N4O5S2. The molecule has 0 radical (unpaired) electrons. The molecule has 0 saturated heterocycles. The first-order valence-electron chi connectivity index (χ1n) is 12.6. The molecule has 0 aliphatic heterocycles. The largest absolute Gasteiger partial charge is 0.497 e. The van der Waals surface area contributed by atoms with Crippen molar-refractivity contribution in [2.45, 2.75) is 57.3 Å². The van der Waals surface area contributed by atoms with E-state index in [9.17, 15) is 9.59 Å². The monoisotopic (exact) mass is 556 g/mol. The first kappa shape index (κ1) is 27.7. The van der Waals surface area contributed by atoms with Crippen LogP contribution < -0.4 is 14.8 Å². The molecule has 9 nitrogen and oxygen atoms in total. The van der Waals surface area contributed by atoms with Gasteiger partial charge in [0.1, 0.15) is 23.1 Å². The Balaban J connectivity index is 1.42. The summed E-state index contributed by atoms with van der Waals surface area (Å²) in [6.07, 6.45) is 6.75. The van der Waals surface area contributed by atoms with Crippen molar-refractivity contribution < 1.29 is 23.8 Å². The van der Waals surface area contributed by atoms with Crippen LogP contribution in [-0.2, 0) is 35.5 Å². The predicted molar refractivity (Wildman–Crippen MR) is 148 cm³/mol. The van der Waals surface area contributed by atoms with Crippen LogP contribution in [0.5, 0.6) is 11.5 Å². The molecule has 0 bridgehead atoms. The molecule has 1 aliphatic carbocycles. The molecular weight excluding hydrogens is 524 g/mol. The van der Waals surface area contributed by atoms with Crippen LogP contribution in [0.15, 0.2) is 42.1 Å². The number of fused-ring (bicyclic) bond motifs is 1. The van der Waals surface area contributed by atoms with E-state index in [0.717, 1.165) is 43.4 Å². The lowest BCUT2D eigenvalue weighted by atomic mass is 10.1. The fraction of sp³-hybridized carbons (Fsp3) is 0.407. The highest BCUT2D eigenvalue weighted by atomic mass is 32.2. The summed E-state index contributed by atoms with van der Waals surface area (Å²) in [7, 11) is 1.61. The zero-order valence-electron chi connectivity index (χ0n) is 21.7. The second kappa shape index (κ2) is 13.5. The number of thioether (sulfide) groups is 1. The van der Waals surface area contributed by atoms with E-state index >= 15 is 0 Å². The van der Waals surface area contributed by atoms with Gasteiger partial charge in [-0.2, -0.15) is 0 Å². The maximum absolute atomic E-state index is 12.9. The zero-order valence-corrected chi connectivity index (χ0v) is 23.3. The molecule has 38 heavy (non-hydrogen) atoms. The fourth-order valence-corrected chi connectivity index (χ4v) is 6.27. The standard InChI is InChI=1S/C27H32N4O5S2/c1-4-15-31-22(16-36-19-13-11-18(34-3)12-14-19)29-30-27(31)37-17-23(32)28-25-24(26(33)35-5-2)20-9-7-6-8-10-21(20)38-25/h4,11-14H,1,5-10,15-17H2,2-3H3,(H,28,32). The lowest BCUT2D eigenvalue weighted by molar-refractivity contribution is -0.113. The molecule has 0 fully saturated rings. The van der Waals surface area contributed by atoms with Crippen molar-refractivity contribution >= 4 is 40.0 Å². The zero-order chi connectivity index (χ0) is 26.9. The Kier molecular flexibility index (Phi) is 9.83. The molecule has 2 heterocycles. The van der Waals surface area contributed by atoms with Gasteiger partial charge in [0.05, 0.1) is 25.0 Å². The van der Waals surface area contributed by atoms with E-state index < -0.39 is 0 Å². The first-order chi connectivity index (χ1) is 18.5. The summed E-state index contributed by atoms with van der Waals surface area (Å²) in [4.78, 5) is 26.9. The number of ether oxygens (including phenoxy) is 3. The van der Waals surface area contributed by atoms with Crippen LogP contribution in [0, 0.1) is 0 Å². The van der Waals surface area contributed by atoms with Gasteiger partial charge in [0.25, 0.3) is 0 Å². The molecule has 0 saturated carbocycles. The van der Waals surface area contributed by atoms with E-state index in [0.29, 0.717) is 33.8 Å². The van der Waals surface area contributed by atoms with Gasteiger partial charge >= 0.3 is 5.97 Å². The van der Waals surface area contributed by atoms with Crippen molar-refractivity contribution in [3.05, 3.63) is 58.7 Å². The number of methoxy groups -OCH3 is 1. The van der Waals surface area contributed by atoms with E-state index in [4.69, 9.17) is 14.2 Å². The Hall–Kier alpha value is -3.31. The normalized spacial score (nSPS) is 12.8. The van der Waals surface area contributed by atoms with Crippen molar-refractivity contribution in [3.63, 3.8) is 0 Å². The molecule has 2 aromatic heterocycles. The molecule has 1 amide bonds. The van der Waals surface area contributed by atoms with Gasteiger partial charge in [0.2, 0.25) is 5.91 Å². The first-order valence-corrected chi connectivity index (χ1v) is 14.4. The number of allylic oxidation sites excluding steroid dienone is 1. The lowest BCUT2D eigenvalue weighted by Gasteiger charge is -2.10. The van der Waals surface area contributed by atoms with E-state index in [1.165, 1.54) is 28.0 Å². The van der Waals surface area contributed by atoms with Gasteiger partial charge in [0.15, 0.2) is 11.0 Å². The maximum atomic E-state index is 12.9. The number of esters is 1.